The van der Waals surface area contributed by atoms with Crippen LogP contribution in [0.5, 0.6) is 0 Å². The molecule has 15 heavy (non-hydrogen) atoms. The molecule has 84 valence electrons. The average molecular weight is 225 g/mol. The van der Waals surface area contributed by atoms with Crippen molar-refractivity contribution in [1.29, 1.82) is 0 Å². The van der Waals surface area contributed by atoms with Gasteiger partial charge >= 0.3 is 0 Å². The summed E-state index contributed by atoms with van der Waals surface area (Å²) in [5.74, 6) is 1.98. The van der Waals surface area contributed by atoms with Crippen molar-refractivity contribution in [3.05, 3.63) is 10.6 Å². The summed E-state index contributed by atoms with van der Waals surface area (Å²) in [6.45, 7) is 3.03. The number of hydrogen-bond donors (Lipinski definition) is 1. The van der Waals surface area contributed by atoms with Crippen LogP contribution in [0.2, 0.25) is 0 Å². The molecule has 1 saturated carbocycles. The fourth-order valence-electron chi connectivity index (χ4n) is 2.50. The topological polar surface area (TPSA) is 33.6 Å². The Kier molecular flexibility index (Phi) is 3.57. The summed E-state index contributed by atoms with van der Waals surface area (Å²) in [5, 5.41) is 6.94. The molecule has 1 fully saturated rings. The zero-order chi connectivity index (χ0) is 10.7. The third-order valence-electron chi connectivity index (χ3n) is 3.42. The second-order valence-electron chi connectivity index (χ2n) is 4.52. The molecule has 1 aliphatic carbocycles. The van der Waals surface area contributed by atoms with Gasteiger partial charge in [0, 0.05) is 6.54 Å². The number of nitrogens with one attached hydrogen (secondary N) is 1. The van der Waals surface area contributed by atoms with Crippen molar-refractivity contribution in [2.24, 2.45) is 5.92 Å². The summed E-state index contributed by atoms with van der Waals surface area (Å²) >= 11 is 5.17. The zero-order valence-corrected chi connectivity index (χ0v) is 10.1. The van der Waals surface area contributed by atoms with E-state index in [1.807, 2.05) is 6.92 Å². The highest BCUT2D eigenvalue weighted by Crippen LogP contribution is 2.28. The molecular weight excluding hydrogens is 206 g/mol. The maximum atomic E-state index is 5.17. The number of hydrogen-bond acceptors (Lipinski definition) is 2. The Morgan fingerprint density at radius 3 is 2.80 bits per heavy atom. The molecule has 4 heteroatoms. The lowest BCUT2D eigenvalue weighted by molar-refractivity contribution is 0.455. The van der Waals surface area contributed by atoms with Crippen LogP contribution in [0.3, 0.4) is 0 Å². The maximum Gasteiger partial charge on any atom is 0.195 e. The monoisotopic (exact) mass is 225 g/mol. The highest BCUT2D eigenvalue weighted by atomic mass is 32.1. The number of nitrogens with zero attached hydrogens (tertiary/aromatic N) is 2. The van der Waals surface area contributed by atoms with E-state index in [0.717, 1.165) is 23.1 Å². The molecule has 3 nitrogen and oxygen atoms in total. The third-order valence-corrected chi connectivity index (χ3v) is 3.73. The Labute approximate surface area is 95.9 Å². The molecule has 1 N–H and O–H groups in total. The SMILES string of the molecule is Cc1n[nH]c(=S)n1CCCC1CCCC1. The molecule has 1 heterocycles. The fourth-order valence-corrected chi connectivity index (χ4v) is 2.77. The van der Waals surface area contributed by atoms with Crippen LogP contribution >= 0.6 is 12.2 Å². The molecule has 1 aromatic heterocycles. The molecule has 0 aliphatic heterocycles. The summed E-state index contributed by atoms with van der Waals surface area (Å²) in [6, 6.07) is 0. The van der Waals surface area contributed by atoms with Crippen LogP contribution in [0, 0.1) is 17.6 Å². The van der Waals surface area contributed by atoms with Crippen molar-refractivity contribution in [1.82, 2.24) is 14.8 Å². The second kappa shape index (κ2) is 4.92. The van der Waals surface area contributed by atoms with Crippen molar-refractivity contribution in [3.63, 3.8) is 0 Å². The van der Waals surface area contributed by atoms with E-state index in [1.54, 1.807) is 0 Å². The lowest BCUT2D eigenvalue weighted by Gasteiger charge is -2.09. The molecule has 0 amide bonds. The van der Waals surface area contributed by atoms with Crippen LogP contribution < -0.4 is 0 Å². The highest BCUT2D eigenvalue weighted by Gasteiger charge is 2.14. The first-order valence-corrected chi connectivity index (χ1v) is 6.30. The van der Waals surface area contributed by atoms with Crippen molar-refractivity contribution in [3.8, 4) is 0 Å². The highest BCUT2D eigenvalue weighted by molar-refractivity contribution is 7.71. The Bertz CT molecular complexity index is 360. The Balaban J connectivity index is 1.80. The standard InChI is InChI=1S/C11H19N3S/c1-9-12-13-11(15)14(9)8-4-7-10-5-2-3-6-10/h10H,2-8H2,1H3,(H,13,15). The van der Waals surface area contributed by atoms with Gasteiger partial charge in [-0.25, -0.2) is 0 Å². The molecule has 0 unspecified atom stereocenters. The van der Waals surface area contributed by atoms with E-state index in [4.69, 9.17) is 12.2 Å². The van der Waals surface area contributed by atoms with E-state index in [-0.39, 0.29) is 0 Å². The average Bonchev–Trinajstić information content (AvgIpc) is 2.82. The first-order chi connectivity index (χ1) is 7.27. The Morgan fingerprint density at radius 1 is 1.47 bits per heavy atom. The molecule has 0 saturated heterocycles. The summed E-state index contributed by atoms with van der Waals surface area (Å²) in [7, 11) is 0. The third kappa shape index (κ3) is 2.68. The summed E-state index contributed by atoms with van der Waals surface area (Å²) in [6.07, 6.45) is 8.35. The predicted molar refractivity (Wildman–Crippen MR) is 63.3 cm³/mol. The van der Waals surface area contributed by atoms with E-state index in [0.29, 0.717) is 0 Å². The van der Waals surface area contributed by atoms with Crippen molar-refractivity contribution < 1.29 is 0 Å². The molecule has 0 aromatic carbocycles. The van der Waals surface area contributed by atoms with Gasteiger partial charge in [0.25, 0.3) is 0 Å². The molecule has 0 atom stereocenters. The molecule has 0 bridgehead atoms. The number of rotatable bonds is 4. The van der Waals surface area contributed by atoms with Gasteiger partial charge in [-0.15, -0.1) is 0 Å². The van der Waals surface area contributed by atoms with Gasteiger partial charge in [-0.2, -0.15) is 5.10 Å². The summed E-state index contributed by atoms with van der Waals surface area (Å²) < 4.78 is 2.86. The summed E-state index contributed by atoms with van der Waals surface area (Å²) in [4.78, 5) is 0. The zero-order valence-electron chi connectivity index (χ0n) is 9.33. The van der Waals surface area contributed by atoms with Crippen LogP contribution in [0.15, 0.2) is 0 Å². The molecule has 2 rings (SSSR count). The quantitative estimate of drug-likeness (QED) is 0.798. The lowest BCUT2D eigenvalue weighted by Crippen LogP contribution is -2.03. The van der Waals surface area contributed by atoms with E-state index in [2.05, 4.69) is 14.8 Å². The smallest absolute Gasteiger partial charge is 0.195 e. The van der Waals surface area contributed by atoms with Gasteiger partial charge in [-0.3, -0.25) is 5.10 Å². The molecule has 1 aromatic rings. The molecular formula is C11H19N3S. The molecule has 1 aliphatic rings. The van der Waals surface area contributed by atoms with Gasteiger partial charge in [0.15, 0.2) is 4.77 Å². The van der Waals surface area contributed by atoms with Crippen molar-refractivity contribution >= 4 is 12.2 Å². The first-order valence-electron chi connectivity index (χ1n) is 5.89. The fraction of sp³-hybridized carbons (Fsp3) is 0.818. The van der Waals surface area contributed by atoms with Crippen LogP contribution in [0.1, 0.15) is 44.3 Å². The minimum atomic E-state index is 0.763. The normalized spacial score (nSPS) is 17.4. The van der Waals surface area contributed by atoms with Crippen LogP contribution in [-0.2, 0) is 6.54 Å². The largest absolute Gasteiger partial charge is 0.304 e. The minimum absolute atomic E-state index is 0.763. The Morgan fingerprint density at radius 2 is 2.20 bits per heavy atom. The lowest BCUT2D eigenvalue weighted by atomic mass is 10.0. The summed E-state index contributed by atoms with van der Waals surface area (Å²) in [5.41, 5.74) is 0. The number of aromatic amines is 1. The van der Waals surface area contributed by atoms with Gasteiger partial charge in [0.2, 0.25) is 0 Å². The number of aromatic nitrogens is 3. The van der Waals surface area contributed by atoms with Crippen LogP contribution in [0.4, 0.5) is 0 Å². The van der Waals surface area contributed by atoms with Gasteiger partial charge in [0.1, 0.15) is 5.82 Å². The van der Waals surface area contributed by atoms with E-state index >= 15 is 0 Å². The van der Waals surface area contributed by atoms with Crippen molar-refractivity contribution in [2.45, 2.75) is 52.0 Å². The number of H-pyrrole nitrogens is 1. The minimum Gasteiger partial charge on any atom is -0.304 e. The van der Waals surface area contributed by atoms with Crippen molar-refractivity contribution in [2.75, 3.05) is 0 Å². The van der Waals surface area contributed by atoms with E-state index in [9.17, 15) is 0 Å². The molecule has 0 radical (unpaired) electrons. The van der Waals surface area contributed by atoms with Gasteiger partial charge in [0.05, 0.1) is 0 Å². The number of aryl methyl sites for hydroxylation is 1. The van der Waals surface area contributed by atoms with E-state index in [1.165, 1.54) is 38.5 Å². The van der Waals surface area contributed by atoms with Gasteiger partial charge in [-0.1, -0.05) is 25.7 Å². The van der Waals surface area contributed by atoms with Crippen LogP contribution in [0.25, 0.3) is 0 Å². The Hall–Kier alpha value is -0.640. The van der Waals surface area contributed by atoms with Gasteiger partial charge in [-0.05, 0) is 37.9 Å². The second-order valence-corrected chi connectivity index (χ2v) is 4.91. The van der Waals surface area contributed by atoms with E-state index < -0.39 is 0 Å². The predicted octanol–water partition coefficient (Wildman–Crippen LogP) is 3.22. The molecule has 0 spiro atoms. The first kappa shape index (κ1) is 10.9. The maximum absolute atomic E-state index is 5.17. The van der Waals surface area contributed by atoms with Crippen LogP contribution in [-0.4, -0.2) is 14.8 Å². The van der Waals surface area contributed by atoms with Gasteiger partial charge < -0.3 is 4.57 Å².